The predicted octanol–water partition coefficient (Wildman–Crippen LogP) is 2.78. The first-order valence-corrected chi connectivity index (χ1v) is 5.28. The van der Waals surface area contributed by atoms with Crippen molar-refractivity contribution in [3.63, 3.8) is 0 Å². The smallest absolute Gasteiger partial charge is 0.253 e. The molecule has 3 nitrogen and oxygen atoms in total. The quantitative estimate of drug-likeness (QED) is 0.626. The molecule has 2 aromatic rings. The van der Waals surface area contributed by atoms with Crippen molar-refractivity contribution < 1.29 is 17.6 Å². The summed E-state index contributed by atoms with van der Waals surface area (Å²) in [6, 6.07) is 0. The summed E-state index contributed by atoms with van der Waals surface area (Å²) in [6.45, 7) is 1.85. The van der Waals surface area contributed by atoms with Crippen molar-refractivity contribution in [3.05, 3.63) is 41.7 Å². The molecule has 7 heteroatoms. The van der Waals surface area contributed by atoms with Gasteiger partial charge in [-0.25, -0.2) is 4.98 Å². The number of aromatic nitrogens is 3. The highest BCUT2D eigenvalue weighted by Gasteiger charge is 2.23. The Balaban J connectivity index is 2.66. The number of hydrogen-bond acceptors (Lipinski definition) is 2. The molecule has 2 rings (SSSR count). The van der Waals surface area contributed by atoms with Gasteiger partial charge in [0.25, 0.3) is 11.9 Å². The van der Waals surface area contributed by atoms with E-state index in [0.29, 0.717) is 18.7 Å². The van der Waals surface area contributed by atoms with Crippen LogP contribution in [0.2, 0.25) is 0 Å². The van der Waals surface area contributed by atoms with Gasteiger partial charge in [0, 0.05) is 18.8 Å². The molecule has 0 bridgehead atoms. The zero-order valence-electron chi connectivity index (χ0n) is 9.42. The summed E-state index contributed by atoms with van der Waals surface area (Å²) in [4.78, 5) is 6.39. The van der Waals surface area contributed by atoms with Gasteiger partial charge < -0.3 is 0 Å². The lowest BCUT2D eigenvalue weighted by Gasteiger charge is -2.10. The third kappa shape index (κ3) is 1.96. The summed E-state index contributed by atoms with van der Waals surface area (Å²) in [7, 11) is 0. The van der Waals surface area contributed by atoms with Crippen LogP contribution in [-0.2, 0) is 6.42 Å². The molecule has 2 aromatic heterocycles. The SMILES string of the molecule is CCCc1nccn1-c1c(F)c(F)nc(F)c1F. The molecule has 0 aromatic carbocycles. The van der Waals surface area contributed by atoms with Crippen LogP contribution in [0.3, 0.4) is 0 Å². The molecule has 18 heavy (non-hydrogen) atoms. The van der Waals surface area contributed by atoms with Crippen LogP contribution in [0.4, 0.5) is 17.6 Å². The number of hydrogen-bond donors (Lipinski definition) is 0. The van der Waals surface area contributed by atoms with E-state index in [1.807, 2.05) is 6.92 Å². The van der Waals surface area contributed by atoms with Crippen LogP contribution in [0, 0.1) is 23.5 Å². The maximum Gasteiger partial charge on any atom is 0.253 e. The van der Waals surface area contributed by atoms with Gasteiger partial charge in [0.1, 0.15) is 11.5 Å². The second kappa shape index (κ2) is 4.75. The molecule has 0 N–H and O–H groups in total. The second-order valence-electron chi connectivity index (χ2n) is 3.63. The van der Waals surface area contributed by atoms with Gasteiger partial charge in [-0.15, -0.1) is 0 Å². The third-order valence-electron chi connectivity index (χ3n) is 2.41. The molecule has 0 aliphatic rings. The lowest BCUT2D eigenvalue weighted by atomic mass is 10.3. The third-order valence-corrected chi connectivity index (χ3v) is 2.41. The minimum atomic E-state index is -1.68. The average molecular weight is 259 g/mol. The van der Waals surface area contributed by atoms with Gasteiger partial charge in [0.2, 0.25) is 11.6 Å². The van der Waals surface area contributed by atoms with Crippen LogP contribution >= 0.6 is 0 Å². The molecule has 0 unspecified atom stereocenters. The molecular weight excluding hydrogens is 250 g/mol. The summed E-state index contributed by atoms with van der Waals surface area (Å²) >= 11 is 0. The van der Waals surface area contributed by atoms with Crippen molar-refractivity contribution in [2.45, 2.75) is 19.8 Å². The highest BCUT2D eigenvalue weighted by Crippen LogP contribution is 2.22. The van der Waals surface area contributed by atoms with E-state index >= 15 is 0 Å². The summed E-state index contributed by atoms with van der Waals surface area (Å²) in [5.74, 6) is -6.12. The first kappa shape index (κ1) is 12.5. The van der Waals surface area contributed by atoms with Gasteiger partial charge in [0.05, 0.1) is 0 Å². The molecule has 0 radical (unpaired) electrons. The standard InChI is InChI=1S/C11H9F4N3/c1-2-3-6-16-4-5-18(6)9-7(12)10(14)17-11(15)8(9)13/h4-5H,2-3H2,1H3. The molecule has 0 fully saturated rings. The van der Waals surface area contributed by atoms with E-state index in [-0.39, 0.29) is 0 Å². The highest BCUT2D eigenvalue weighted by atomic mass is 19.2. The molecule has 0 aliphatic heterocycles. The fourth-order valence-corrected chi connectivity index (χ4v) is 1.63. The van der Waals surface area contributed by atoms with Crippen LogP contribution in [0.1, 0.15) is 19.2 Å². The first-order chi connectivity index (χ1) is 8.56. The van der Waals surface area contributed by atoms with E-state index in [1.54, 1.807) is 0 Å². The monoisotopic (exact) mass is 259 g/mol. The molecular formula is C11H9F4N3. The topological polar surface area (TPSA) is 30.7 Å². The Kier molecular flexibility index (Phi) is 3.31. The Bertz CT molecular complexity index is 554. The first-order valence-electron chi connectivity index (χ1n) is 5.28. The Labute approximate surface area is 100 Å². The number of halogens is 4. The molecule has 2 heterocycles. The average Bonchev–Trinajstić information content (AvgIpc) is 2.76. The number of imidazole rings is 1. The van der Waals surface area contributed by atoms with E-state index in [4.69, 9.17) is 0 Å². The van der Waals surface area contributed by atoms with Crippen molar-refractivity contribution in [1.82, 2.24) is 14.5 Å². The van der Waals surface area contributed by atoms with E-state index in [1.165, 1.54) is 12.4 Å². The largest absolute Gasteiger partial charge is 0.298 e. The Morgan fingerprint density at radius 1 is 1.11 bits per heavy atom. The lowest BCUT2D eigenvalue weighted by Crippen LogP contribution is -2.11. The molecule has 0 amide bonds. The summed E-state index contributed by atoms with van der Waals surface area (Å²) in [5, 5.41) is 0. The van der Waals surface area contributed by atoms with Crippen molar-refractivity contribution >= 4 is 0 Å². The lowest BCUT2D eigenvalue weighted by molar-refractivity contribution is 0.401. The molecule has 96 valence electrons. The molecule has 0 saturated carbocycles. The fraction of sp³-hybridized carbons (Fsp3) is 0.273. The summed E-state index contributed by atoms with van der Waals surface area (Å²) in [5.41, 5.74) is -0.832. The number of aryl methyl sites for hydroxylation is 1. The highest BCUT2D eigenvalue weighted by molar-refractivity contribution is 5.35. The van der Waals surface area contributed by atoms with Gasteiger partial charge in [-0.2, -0.15) is 22.5 Å². The predicted molar refractivity (Wildman–Crippen MR) is 55.2 cm³/mol. The molecule has 0 spiro atoms. The summed E-state index contributed by atoms with van der Waals surface area (Å²) < 4.78 is 54.1. The van der Waals surface area contributed by atoms with Crippen LogP contribution in [0.5, 0.6) is 0 Å². The van der Waals surface area contributed by atoms with Crippen molar-refractivity contribution in [2.24, 2.45) is 0 Å². The van der Waals surface area contributed by atoms with Gasteiger partial charge in [-0.05, 0) is 6.42 Å². The number of rotatable bonds is 3. The van der Waals surface area contributed by atoms with Crippen LogP contribution in [0.25, 0.3) is 5.69 Å². The van der Waals surface area contributed by atoms with Gasteiger partial charge in [0.15, 0.2) is 0 Å². The van der Waals surface area contributed by atoms with E-state index < -0.39 is 29.2 Å². The fourth-order valence-electron chi connectivity index (χ4n) is 1.63. The van der Waals surface area contributed by atoms with Gasteiger partial charge >= 0.3 is 0 Å². The maximum absolute atomic E-state index is 13.5. The maximum atomic E-state index is 13.5. The summed E-state index contributed by atoms with van der Waals surface area (Å²) in [6.07, 6.45) is 3.65. The molecule has 0 atom stereocenters. The van der Waals surface area contributed by atoms with Gasteiger partial charge in [-0.3, -0.25) is 4.57 Å². The van der Waals surface area contributed by atoms with Gasteiger partial charge in [-0.1, -0.05) is 6.92 Å². The van der Waals surface area contributed by atoms with Crippen molar-refractivity contribution in [3.8, 4) is 5.69 Å². The van der Waals surface area contributed by atoms with Crippen LogP contribution in [-0.4, -0.2) is 14.5 Å². The molecule has 0 saturated heterocycles. The van der Waals surface area contributed by atoms with Crippen LogP contribution < -0.4 is 0 Å². The van der Waals surface area contributed by atoms with E-state index in [9.17, 15) is 17.6 Å². The minimum Gasteiger partial charge on any atom is -0.298 e. The Morgan fingerprint density at radius 3 is 2.28 bits per heavy atom. The zero-order valence-corrected chi connectivity index (χ0v) is 9.42. The van der Waals surface area contributed by atoms with Crippen molar-refractivity contribution in [2.75, 3.05) is 0 Å². The second-order valence-corrected chi connectivity index (χ2v) is 3.63. The van der Waals surface area contributed by atoms with E-state index in [2.05, 4.69) is 9.97 Å². The zero-order chi connectivity index (χ0) is 13.3. The minimum absolute atomic E-state index is 0.320. The van der Waals surface area contributed by atoms with Crippen LogP contribution in [0.15, 0.2) is 12.4 Å². The van der Waals surface area contributed by atoms with E-state index in [0.717, 1.165) is 4.57 Å². The Hall–Kier alpha value is -1.92. The van der Waals surface area contributed by atoms with Crippen molar-refractivity contribution in [1.29, 1.82) is 0 Å². The normalized spacial score (nSPS) is 10.9. The number of nitrogens with zero attached hydrogens (tertiary/aromatic N) is 3. The number of pyridine rings is 1. The molecule has 0 aliphatic carbocycles. The Morgan fingerprint density at radius 2 is 1.72 bits per heavy atom.